The third-order valence-corrected chi connectivity index (χ3v) is 5.35. The first-order valence-corrected chi connectivity index (χ1v) is 10.3. The standard InChI is InChI=1S/C24H19ClF2N4O3/c1-31(13-28)24(33)22(11-17-19(26)9-15(34-2)10-20(17)27)30-23(32)14-7-8-21(29-12-14)16-5-3-4-6-18(16)25/h3-10,12,22H,11H2,1-2H3,(H,30,32)/t22-/m0/s1. The molecule has 1 aromatic heterocycles. The molecular formula is C24H19ClF2N4O3. The van der Waals surface area contributed by atoms with E-state index < -0.39 is 41.5 Å². The first-order valence-electron chi connectivity index (χ1n) is 9.96. The third kappa shape index (κ3) is 5.47. The molecule has 0 saturated carbocycles. The van der Waals surface area contributed by atoms with Crippen LogP contribution in [-0.2, 0) is 11.2 Å². The summed E-state index contributed by atoms with van der Waals surface area (Å²) >= 11 is 6.17. The summed E-state index contributed by atoms with van der Waals surface area (Å²) in [6, 6.07) is 10.6. The summed E-state index contributed by atoms with van der Waals surface area (Å²) in [7, 11) is 2.44. The van der Waals surface area contributed by atoms with Crippen molar-refractivity contribution in [3.8, 4) is 23.2 Å². The average molecular weight is 485 g/mol. The number of hydrogen-bond donors (Lipinski definition) is 1. The predicted octanol–water partition coefficient (Wildman–Crippen LogP) is 3.97. The number of nitriles is 1. The van der Waals surface area contributed by atoms with Gasteiger partial charge in [0.05, 0.1) is 18.4 Å². The highest BCUT2D eigenvalue weighted by Crippen LogP contribution is 2.26. The molecule has 0 saturated heterocycles. The largest absolute Gasteiger partial charge is 0.497 e. The van der Waals surface area contributed by atoms with Crippen LogP contribution in [0.15, 0.2) is 54.7 Å². The highest BCUT2D eigenvalue weighted by molar-refractivity contribution is 6.33. The van der Waals surface area contributed by atoms with Crippen molar-refractivity contribution < 1.29 is 23.1 Å². The number of nitrogens with zero attached hydrogens (tertiary/aromatic N) is 3. The second-order valence-electron chi connectivity index (χ2n) is 7.21. The molecule has 2 amide bonds. The Kier molecular flexibility index (Phi) is 7.76. The molecular weight excluding hydrogens is 466 g/mol. The Bertz CT molecular complexity index is 1240. The maximum absolute atomic E-state index is 14.5. The van der Waals surface area contributed by atoms with E-state index in [2.05, 4.69) is 10.3 Å². The van der Waals surface area contributed by atoms with Crippen molar-refractivity contribution in [3.63, 3.8) is 0 Å². The summed E-state index contributed by atoms with van der Waals surface area (Å²) in [6.07, 6.45) is 2.39. The summed E-state index contributed by atoms with van der Waals surface area (Å²) in [4.78, 5) is 30.4. The first-order chi connectivity index (χ1) is 16.2. The van der Waals surface area contributed by atoms with Crippen molar-refractivity contribution in [2.24, 2.45) is 0 Å². The zero-order valence-corrected chi connectivity index (χ0v) is 18.9. The van der Waals surface area contributed by atoms with Crippen LogP contribution in [0, 0.1) is 23.1 Å². The minimum absolute atomic E-state index is 0.0375. The van der Waals surface area contributed by atoms with Crippen molar-refractivity contribution >= 4 is 23.4 Å². The highest BCUT2D eigenvalue weighted by atomic mass is 35.5. The van der Waals surface area contributed by atoms with Gasteiger partial charge < -0.3 is 10.1 Å². The molecule has 0 aliphatic rings. The number of ether oxygens (including phenoxy) is 1. The maximum Gasteiger partial charge on any atom is 0.258 e. The molecule has 0 radical (unpaired) electrons. The SMILES string of the molecule is COc1cc(F)c(C[C@H](NC(=O)c2ccc(-c3ccccc3Cl)nc2)C(=O)N(C)C#N)c(F)c1. The molecule has 1 atom stereocenters. The van der Waals surface area contributed by atoms with Crippen LogP contribution in [0.3, 0.4) is 0 Å². The normalized spacial score (nSPS) is 11.3. The van der Waals surface area contributed by atoms with Gasteiger partial charge in [0.15, 0.2) is 6.19 Å². The van der Waals surface area contributed by atoms with Crippen LogP contribution in [0.25, 0.3) is 11.3 Å². The Balaban J connectivity index is 1.86. The van der Waals surface area contributed by atoms with Crippen LogP contribution < -0.4 is 10.1 Å². The zero-order chi connectivity index (χ0) is 24.8. The molecule has 2 aromatic carbocycles. The lowest BCUT2D eigenvalue weighted by Crippen LogP contribution is -2.47. The average Bonchev–Trinajstić information content (AvgIpc) is 2.84. The second-order valence-corrected chi connectivity index (χ2v) is 7.62. The van der Waals surface area contributed by atoms with Gasteiger partial charge in [-0.15, -0.1) is 0 Å². The fraction of sp³-hybridized carbons (Fsp3) is 0.167. The van der Waals surface area contributed by atoms with Gasteiger partial charge in [-0.1, -0.05) is 29.8 Å². The first kappa shape index (κ1) is 24.6. The van der Waals surface area contributed by atoms with E-state index in [1.165, 1.54) is 26.4 Å². The van der Waals surface area contributed by atoms with Gasteiger partial charge in [0.2, 0.25) is 0 Å². The summed E-state index contributed by atoms with van der Waals surface area (Å²) in [5.41, 5.74) is 0.869. The van der Waals surface area contributed by atoms with Crippen LogP contribution in [0.5, 0.6) is 5.75 Å². The fourth-order valence-corrected chi connectivity index (χ4v) is 3.41. The van der Waals surface area contributed by atoms with Gasteiger partial charge in [0.25, 0.3) is 11.8 Å². The van der Waals surface area contributed by atoms with Gasteiger partial charge in [0, 0.05) is 47.9 Å². The van der Waals surface area contributed by atoms with Gasteiger partial charge in [-0.05, 0) is 18.2 Å². The number of pyridine rings is 1. The number of nitrogens with one attached hydrogen (secondary N) is 1. The van der Waals surface area contributed by atoms with Gasteiger partial charge >= 0.3 is 0 Å². The van der Waals surface area contributed by atoms with E-state index in [9.17, 15) is 18.4 Å². The van der Waals surface area contributed by atoms with Crippen LogP contribution >= 0.6 is 11.6 Å². The predicted molar refractivity (Wildman–Crippen MR) is 121 cm³/mol. The molecule has 0 unspecified atom stereocenters. The number of benzene rings is 2. The number of aromatic nitrogens is 1. The monoisotopic (exact) mass is 484 g/mol. The molecule has 7 nitrogen and oxygen atoms in total. The minimum atomic E-state index is -1.42. The van der Waals surface area contributed by atoms with Gasteiger partial charge in [-0.25, -0.2) is 8.78 Å². The molecule has 0 fully saturated rings. The lowest BCUT2D eigenvalue weighted by molar-refractivity contribution is -0.129. The maximum atomic E-state index is 14.5. The van der Waals surface area contributed by atoms with E-state index >= 15 is 0 Å². The Morgan fingerprint density at radius 2 is 1.88 bits per heavy atom. The number of halogens is 3. The molecule has 3 aromatic rings. The number of likely N-dealkylation sites (N-methyl/N-ethyl adjacent to an activating group) is 1. The van der Waals surface area contributed by atoms with E-state index in [0.717, 1.165) is 12.1 Å². The number of amides is 2. The molecule has 3 rings (SSSR count). The lowest BCUT2D eigenvalue weighted by atomic mass is 10.0. The number of hydrogen-bond acceptors (Lipinski definition) is 5. The van der Waals surface area contributed by atoms with E-state index in [0.29, 0.717) is 21.2 Å². The van der Waals surface area contributed by atoms with Crippen LogP contribution in [0.1, 0.15) is 15.9 Å². The van der Waals surface area contributed by atoms with E-state index in [1.54, 1.807) is 36.5 Å². The molecule has 174 valence electrons. The van der Waals surface area contributed by atoms with Gasteiger partial charge in [-0.3, -0.25) is 19.5 Å². The summed E-state index contributed by atoms with van der Waals surface area (Å²) in [5.74, 6) is -3.49. The Morgan fingerprint density at radius 3 is 2.44 bits per heavy atom. The van der Waals surface area contributed by atoms with Crippen molar-refractivity contribution in [3.05, 3.63) is 82.5 Å². The Labute approximate surface area is 199 Å². The van der Waals surface area contributed by atoms with E-state index in [4.69, 9.17) is 21.6 Å². The number of carbonyl (C=O) groups is 2. The number of methoxy groups -OCH3 is 1. The molecule has 1 heterocycles. The molecule has 0 spiro atoms. The number of carbonyl (C=O) groups excluding carboxylic acids is 2. The second kappa shape index (κ2) is 10.7. The highest BCUT2D eigenvalue weighted by Gasteiger charge is 2.28. The van der Waals surface area contributed by atoms with Gasteiger partial charge in [0.1, 0.15) is 23.4 Å². The van der Waals surface area contributed by atoms with E-state index in [1.807, 2.05) is 0 Å². The quantitative estimate of drug-likeness (QED) is 0.404. The Hall–Kier alpha value is -4.03. The summed E-state index contributed by atoms with van der Waals surface area (Å²) < 4.78 is 33.7. The summed E-state index contributed by atoms with van der Waals surface area (Å²) in [6.45, 7) is 0. The molecule has 0 aliphatic heterocycles. The van der Waals surface area contributed by atoms with Crippen LogP contribution in [0.2, 0.25) is 5.02 Å². The molecule has 34 heavy (non-hydrogen) atoms. The van der Waals surface area contributed by atoms with E-state index in [-0.39, 0.29) is 11.3 Å². The molecule has 0 bridgehead atoms. The third-order valence-electron chi connectivity index (χ3n) is 5.02. The van der Waals surface area contributed by atoms with Crippen molar-refractivity contribution in [2.75, 3.05) is 14.2 Å². The lowest BCUT2D eigenvalue weighted by Gasteiger charge is -2.21. The smallest absolute Gasteiger partial charge is 0.258 e. The fourth-order valence-electron chi connectivity index (χ4n) is 3.18. The Morgan fingerprint density at radius 1 is 1.21 bits per heavy atom. The van der Waals surface area contributed by atoms with Gasteiger partial charge in [-0.2, -0.15) is 5.26 Å². The van der Waals surface area contributed by atoms with Crippen molar-refractivity contribution in [1.29, 1.82) is 5.26 Å². The molecule has 10 heteroatoms. The van der Waals surface area contributed by atoms with Crippen molar-refractivity contribution in [1.82, 2.24) is 15.2 Å². The topological polar surface area (TPSA) is 95.3 Å². The molecule has 1 N–H and O–H groups in total. The minimum Gasteiger partial charge on any atom is -0.497 e. The summed E-state index contributed by atoms with van der Waals surface area (Å²) in [5, 5.41) is 12.0. The van der Waals surface area contributed by atoms with Crippen LogP contribution in [-0.4, -0.2) is 41.9 Å². The zero-order valence-electron chi connectivity index (χ0n) is 18.2. The van der Waals surface area contributed by atoms with Crippen LogP contribution in [0.4, 0.5) is 8.78 Å². The number of rotatable bonds is 7. The van der Waals surface area contributed by atoms with Crippen molar-refractivity contribution in [2.45, 2.75) is 12.5 Å². The molecule has 0 aliphatic carbocycles.